The monoisotopic (exact) mass is 333 g/mol. The van der Waals surface area contributed by atoms with Crippen molar-refractivity contribution in [1.29, 1.82) is 0 Å². The molecule has 0 spiro atoms. The number of methoxy groups -OCH3 is 2. The van der Waals surface area contributed by atoms with Crippen molar-refractivity contribution < 1.29 is 14.3 Å². The van der Waals surface area contributed by atoms with E-state index in [0.717, 1.165) is 27.7 Å². The molecule has 2 aromatic carbocycles. The average molecular weight is 333 g/mol. The zero-order valence-electron chi connectivity index (χ0n) is 14.4. The Hall–Kier alpha value is -3.14. The standard InChI is InChI=1S/C21H19NO3/c1-14(23)9-10-16-11-17-12-19(24-2)20(25-3)13-18(17)22-21(16)15-7-5-4-6-8-15/h4-13H,1-3H3/b10-9+. The first-order chi connectivity index (χ1) is 12.1. The van der Waals surface area contributed by atoms with Crippen molar-refractivity contribution in [3.05, 3.63) is 60.2 Å². The Bertz CT molecular complexity index is 946. The van der Waals surface area contributed by atoms with Crippen molar-refractivity contribution in [3.63, 3.8) is 0 Å². The Labute approximate surface area is 146 Å². The van der Waals surface area contributed by atoms with Gasteiger partial charge in [0.1, 0.15) is 0 Å². The number of carbonyl (C=O) groups excluding carboxylic acids is 1. The molecule has 0 bridgehead atoms. The van der Waals surface area contributed by atoms with Gasteiger partial charge in [0.15, 0.2) is 17.3 Å². The molecule has 0 amide bonds. The highest BCUT2D eigenvalue weighted by Gasteiger charge is 2.11. The summed E-state index contributed by atoms with van der Waals surface area (Å²) in [7, 11) is 3.21. The highest BCUT2D eigenvalue weighted by atomic mass is 16.5. The van der Waals surface area contributed by atoms with Crippen LogP contribution < -0.4 is 9.47 Å². The van der Waals surface area contributed by atoms with E-state index in [0.29, 0.717) is 11.5 Å². The number of carbonyl (C=O) groups is 1. The number of pyridine rings is 1. The molecule has 0 radical (unpaired) electrons. The van der Waals surface area contributed by atoms with E-state index in [4.69, 9.17) is 14.5 Å². The van der Waals surface area contributed by atoms with Crippen molar-refractivity contribution in [2.24, 2.45) is 0 Å². The van der Waals surface area contributed by atoms with Crippen LogP contribution in [0.3, 0.4) is 0 Å². The maximum absolute atomic E-state index is 11.4. The van der Waals surface area contributed by atoms with E-state index in [2.05, 4.69) is 0 Å². The first-order valence-electron chi connectivity index (χ1n) is 7.93. The third-order valence-electron chi connectivity index (χ3n) is 3.89. The van der Waals surface area contributed by atoms with Crippen LogP contribution in [0.5, 0.6) is 11.5 Å². The predicted molar refractivity (Wildman–Crippen MR) is 100.0 cm³/mol. The quantitative estimate of drug-likeness (QED) is 0.644. The van der Waals surface area contributed by atoms with Gasteiger partial charge in [0.2, 0.25) is 0 Å². The Kier molecular flexibility index (Phi) is 4.80. The fourth-order valence-electron chi connectivity index (χ4n) is 2.68. The summed E-state index contributed by atoms with van der Waals surface area (Å²) in [6.45, 7) is 1.53. The number of hydrogen-bond acceptors (Lipinski definition) is 4. The summed E-state index contributed by atoms with van der Waals surface area (Å²) in [6.07, 6.45) is 3.35. The van der Waals surface area contributed by atoms with Crippen LogP contribution in [0.2, 0.25) is 0 Å². The lowest BCUT2D eigenvalue weighted by molar-refractivity contribution is -0.112. The van der Waals surface area contributed by atoms with Crippen LogP contribution in [-0.4, -0.2) is 25.0 Å². The molecule has 0 aliphatic rings. The third kappa shape index (κ3) is 3.53. The number of hydrogen-bond donors (Lipinski definition) is 0. The van der Waals surface area contributed by atoms with Crippen LogP contribution in [-0.2, 0) is 4.79 Å². The van der Waals surface area contributed by atoms with E-state index in [9.17, 15) is 4.79 Å². The van der Waals surface area contributed by atoms with Crippen LogP contribution in [0.4, 0.5) is 0 Å². The van der Waals surface area contributed by atoms with Gasteiger partial charge in [-0.1, -0.05) is 30.3 Å². The fourth-order valence-corrected chi connectivity index (χ4v) is 2.68. The van der Waals surface area contributed by atoms with E-state index in [1.807, 2.05) is 48.5 Å². The Balaban J connectivity index is 2.27. The van der Waals surface area contributed by atoms with Gasteiger partial charge in [-0.25, -0.2) is 4.98 Å². The molecule has 0 saturated carbocycles. The van der Waals surface area contributed by atoms with E-state index in [1.165, 1.54) is 6.92 Å². The number of aromatic nitrogens is 1. The molecule has 0 saturated heterocycles. The number of rotatable bonds is 5. The van der Waals surface area contributed by atoms with Crippen LogP contribution >= 0.6 is 0 Å². The Morgan fingerprint density at radius 1 is 1.00 bits per heavy atom. The van der Waals surface area contributed by atoms with Crippen LogP contribution in [0, 0.1) is 0 Å². The maximum Gasteiger partial charge on any atom is 0.162 e. The Morgan fingerprint density at radius 2 is 1.68 bits per heavy atom. The van der Waals surface area contributed by atoms with E-state index < -0.39 is 0 Å². The molecule has 0 atom stereocenters. The van der Waals surface area contributed by atoms with Crippen molar-refractivity contribution in [2.75, 3.05) is 14.2 Å². The fraction of sp³-hybridized carbons (Fsp3) is 0.143. The van der Waals surface area contributed by atoms with Crippen molar-refractivity contribution in [2.45, 2.75) is 6.92 Å². The third-order valence-corrected chi connectivity index (χ3v) is 3.89. The van der Waals surface area contributed by atoms with Crippen molar-refractivity contribution in [3.8, 4) is 22.8 Å². The lowest BCUT2D eigenvalue weighted by atomic mass is 10.0. The molecule has 4 nitrogen and oxygen atoms in total. The maximum atomic E-state index is 11.4. The van der Waals surface area contributed by atoms with Gasteiger partial charge in [0, 0.05) is 22.6 Å². The van der Waals surface area contributed by atoms with Gasteiger partial charge < -0.3 is 9.47 Å². The number of fused-ring (bicyclic) bond motifs is 1. The van der Waals surface area contributed by atoms with Gasteiger partial charge in [-0.15, -0.1) is 0 Å². The van der Waals surface area contributed by atoms with Gasteiger partial charge in [0.05, 0.1) is 25.4 Å². The smallest absolute Gasteiger partial charge is 0.162 e. The van der Waals surface area contributed by atoms with Crippen LogP contribution in [0.15, 0.2) is 54.6 Å². The van der Waals surface area contributed by atoms with Crippen LogP contribution in [0.1, 0.15) is 12.5 Å². The summed E-state index contributed by atoms with van der Waals surface area (Å²) < 4.78 is 10.7. The molecule has 3 rings (SSSR count). The van der Waals surface area contributed by atoms with Gasteiger partial charge in [-0.2, -0.15) is 0 Å². The summed E-state index contributed by atoms with van der Waals surface area (Å²) in [4.78, 5) is 16.2. The lowest BCUT2D eigenvalue weighted by Gasteiger charge is -2.12. The second-order valence-electron chi connectivity index (χ2n) is 5.64. The van der Waals surface area contributed by atoms with E-state index in [-0.39, 0.29) is 5.78 Å². The van der Waals surface area contributed by atoms with E-state index >= 15 is 0 Å². The molecule has 0 N–H and O–H groups in total. The summed E-state index contributed by atoms with van der Waals surface area (Å²) in [5, 5.41) is 0.917. The molecule has 25 heavy (non-hydrogen) atoms. The molecule has 1 aromatic heterocycles. The number of allylic oxidation sites excluding steroid dienone is 1. The number of nitrogens with zero attached hydrogens (tertiary/aromatic N) is 1. The van der Waals surface area contributed by atoms with Gasteiger partial charge in [-0.3, -0.25) is 4.79 Å². The second kappa shape index (κ2) is 7.18. The number of ether oxygens (including phenoxy) is 2. The zero-order chi connectivity index (χ0) is 17.8. The molecule has 0 aliphatic heterocycles. The lowest BCUT2D eigenvalue weighted by Crippen LogP contribution is -1.95. The van der Waals surface area contributed by atoms with Crippen LogP contribution in [0.25, 0.3) is 28.2 Å². The normalized spacial score (nSPS) is 11.0. The molecule has 0 fully saturated rings. The number of benzene rings is 2. The van der Waals surface area contributed by atoms with E-state index in [1.54, 1.807) is 26.4 Å². The van der Waals surface area contributed by atoms with Crippen molar-refractivity contribution in [1.82, 2.24) is 4.98 Å². The summed E-state index contributed by atoms with van der Waals surface area (Å²) in [6, 6.07) is 15.7. The molecular formula is C21H19NO3. The summed E-state index contributed by atoms with van der Waals surface area (Å²) in [5.74, 6) is 1.27. The molecule has 4 heteroatoms. The minimum absolute atomic E-state index is 0.00794. The first-order valence-corrected chi connectivity index (χ1v) is 7.93. The SMILES string of the molecule is COc1cc2cc(/C=C/C(C)=O)c(-c3ccccc3)nc2cc1OC. The molecular weight excluding hydrogens is 314 g/mol. The largest absolute Gasteiger partial charge is 0.493 e. The van der Waals surface area contributed by atoms with Gasteiger partial charge in [-0.05, 0) is 31.2 Å². The number of ketones is 1. The average Bonchev–Trinajstić information content (AvgIpc) is 2.65. The predicted octanol–water partition coefficient (Wildman–Crippen LogP) is 4.52. The topological polar surface area (TPSA) is 48.4 Å². The Morgan fingerprint density at radius 3 is 2.32 bits per heavy atom. The minimum atomic E-state index is -0.00794. The molecule has 0 aliphatic carbocycles. The minimum Gasteiger partial charge on any atom is -0.493 e. The zero-order valence-corrected chi connectivity index (χ0v) is 14.4. The molecule has 0 unspecified atom stereocenters. The molecule has 1 heterocycles. The van der Waals surface area contributed by atoms with Gasteiger partial charge in [0.25, 0.3) is 0 Å². The first kappa shape index (κ1) is 16.7. The molecule has 126 valence electrons. The highest BCUT2D eigenvalue weighted by molar-refractivity contribution is 5.95. The second-order valence-corrected chi connectivity index (χ2v) is 5.64. The molecule has 3 aromatic rings. The highest BCUT2D eigenvalue weighted by Crippen LogP contribution is 2.34. The summed E-state index contributed by atoms with van der Waals surface area (Å²) >= 11 is 0. The van der Waals surface area contributed by atoms with Crippen molar-refractivity contribution >= 4 is 22.8 Å². The summed E-state index contributed by atoms with van der Waals surface area (Å²) in [5.41, 5.74) is 3.48. The van der Waals surface area contributed by atoms with Gasteiger partial charge >= 0.3 is 0 Å².